The number of rotatable bonds is 4. The Kier molecular flexibility index (Phi) is 4.00. The van der Waals surface area contributed by atoms with Gasteiger partial charge in [-0.1, -0.05) is 40.0 Å². The first-order valence-electron chi connectivity index (χ1n) is 7.55. The Hall–Kier alpha value is -0.570. The van der Waals surface area contributed by atoms with E-state index < -0.39 is 0 Å². The van der Waals surface area contributed by atoms with Crippen LogP contribution in [-0.4, -0.2) is 29.1 Å². The van der Waals surface area contributed by atoms with Gasteiger partial charge in [0.25, 0.3) is 0 Å². The van der Waals surface area contributed by atoms with Crippen molar-refractivity contribution in [1.29, 1.82) is 0 Å². The van der Waals surface area contributed by atoms with Crippen molar-refractivity contribution in [2.45, 2.75) is 84.5 Å². The van der Waals surface area contributed by atoms with Crippen LogP contribution in [0.4, 0.5) is 0 Å². The molecule has 2 fully saturated rings. The van der Waals surface area contributed by atoms with Gasteiger partial charge in [-0.05, 0) is 31.6 Å². The van der Waals surface area contributed by atoms with E-state index in [1.807, 2.05) is 0 Å². The van der Waals surface area contributed by atoms with Gasteiger partial charge in [-0.25, -0.2) is 0 Å². The highest BCUT2D eigenvalue weighted by Crippen LogP contribution is 2.42. The monoisotopic (exact) mass is 252 g/mol. The predicted octanol–water partition coefficient (Wildman–Crippen LogP) is 2.90. The molecule has 3 atom stereocenters. The molecule has 3 heteroatoms. The van der Waals surface area contributed by atoms with Crippen LogP contribution in [0.3, 0.4) is 0 Å². The summed E-state index contributed by atoms with van der Waals surface area (Å²) in [6, 6.07) is 0.496. The summed E-state index contributed by atoms with van der Waals surface area (Å²) in [4.78, 5) is 14.7. The Morgan fingerprint density at radius 1 is 1.44 bits per heavy atom. The molecule has 3 nitrogen and oxygen atoms in total. The Balaban J connectivity index is 2.07. The van der Waals surface area contributed by atoms with Crippen LogP contribution >= 0.6 is 0 Å². The highest BCUT2D eigenvalue weighted by atomic mass is 16.2. The third-order valence-electron chi connectivity index (χ3n) is 4.80. The van der Waals surface area contributed by atoms with Crippen LogP contribution in [0, 0.1) is 5.41 Å². The van der Waals surface area contributed by atoms with Crippen molar-refractivity contribution < 1.29 is 4.79 Å². The largest absolute Gasteiger partial charge is 0.323 e. The van der Waals surface area contributed by atoms with Crippen LogP contribution < -0.4 is 5.32 Å². The van der Waals surface area contributed by atoms with Gasteiger partial charge in [-0.15, -0.1) is 0 Å². The van der Waals surface area contributed by atoms with Gasteiger partial charge in [-0.3, -0.25) is 10.1 Å². The summed E-state index contributed by atoms with van der Waals surface area (Å²) in [7, 11) is 0. The normalized spacial score (nSPS) is 35.4. The summed E-state index contributed by atoms with van der Waals surface area (Å²) >= 11 is 0. The van der Waals surface area contributed by atoms with Crippen LogP contribution in [0.25, 0.3) is 0 Å². The lowest BCUT2D eigenvalue weighted by Gasteiger charge is -2.37. The van der Waals surface area contributed by atoms with Gasteiger partial charge in [-0.2, -0.15) is 0 Å². The second kappa shape index (κ2) is 5.20. The lowest BCUT2D eigenvalue weighted by molar-refractivity contribution is -0.134. The van der Waals surface area contributed by atoms with Gasteiger partial charge in [0.2, 0.25) is 5.91 Å². The molecule has 1 amide bonds. The summed E-state index contributed by atoms with van der Waals surface area (Å²) in [5.41, 5.74) is 0.283. The Labute approximate surface area is 111 Å². The number of hydrogen-bond acceptors (Lipinski definition) is 2. The third-order valence-corrected chi connectivity index (χ3v) is 4.80. The summed E-state index contributed by atoms with van der Waals surface area (Å²) in [5, 5.41) is 3.48. The molecule has 0 spiro atoms. The molecule has 2 rings (SSSR count). The molecule has 1 saturated carbocycles. The quantitative estimate of drug-likeness (QED) is 0.834. The number of nitrogens with zero attached hydrogens (tertiary/aromatic N) is 1. The van der Waals surface area contributed by atoms with E-state index in [-0.39, 0.29) is 17.6 Å². The zero-order valence-electron chi connectivity index (χ0n) is 12.3. The molecule has 0 aromatic rings. The van der Waals surface area contributed by atoms with Crippen LogP contribution in [-0.2, 0) is 4.79 Å². The molecule has 0 bridgehead atoms. The minimum Gasteiger partial charge on any atom is -0.323 e. The van der Waals surface area contributed by atoms with Crippen LogP contribution in [0.15, 0.2) is 0 Å². The second-order valence-corrected chi connectivity index (χ2v) is 6.68. The van der Waals surface area contributed by atoms with Crippen molar-refractivity contribution in [1.82, 2.24) is 10.2 Å². The van der Waals surface area contributed by atoms with Crippen LogP contribution in [0.2, 0.25) is 0 Å². The molecule has 1 aliphatic carbocycles. The summed E-state index contributed by atoms with van der Waals surface area (Å²) in [6.45, 7) is 8.94. The number of nitrogens with one attached hydrogen (secondary N) is 1. The zero-order chi connectivity index (χ0) is 13.3. The average Bonchev–Trinajstić information content (AvgIpc) is 2.77. The Bertz CT molecular complexity index is 314. The molecule has 1 heterocycles. The van der Waals surface area contributed by atoms with E-state index in [0.29, 0.717) is 11.9 Å². The molecule has 1 aliphatic heterocycles. The maximum atomic E-state index is 12.6. The van der Waals surface area contributed by atoms with Gasteiger partial charge >= 0.3 is 0 Å². The number of carbonyl (C=O) groups excluding carboxylic acids is 1. The van der Waals surface area contributed by atoms with Crippen molar-refractivity contribution in [3.63, 3.8) is 0 Å². The fourth-order valence-electron chi connectivity index (χ4n) is 3.68. The van der Waals surface area contributed by atoms with Gasteiger partial charge in [0.05, 0.1) is 12.2 Å². The first-order valence-corrected chi connectivity index (χ1v) is 7.55. The molecule has 2 aliphatic rings. The Morgan fingerprint density at radius 3 is 2.72 bits per heavy atom. The van der Waals surface area contributed by atoms with E-state index in [1.165, 1.54) is 19.3 Å². The van der Waals surface area contributed by atoms with Crippen molar-refractivity contribution >= 4 is 5.91 Å². The molecule has 1 N–H and O–H groups in total. The first kappa shape index (κ1) is 13.9. The summed E-state index contributed by atoms with van der Waals surface area (Å²) < 4.78 is 0. The lowest BCUT2D eigenvalue weighted by Crippen LogP contribution is -2.47. The van der Waals surface area contributed by atoms with E-state index in [4.69, 9.17) is 0 Å². The summed E-state index contributed by atoms with van der Waals surface area (Å²) in [6.07, 6.45) is 7.17. The van der Waals surface area contributed by atoms with Crippen LogP contribution in [0.5, 0.6) is 0 Å². The zero-order valence-corrected chi connectivity index (χ0v) is 12.3. The predicted molar refractivity (Wildman–Crippen MR) is 74.2 cm³/mol. The summed E-state index contributed by atoms with van der Waals surface area (Å²) in [5.74, 6) is 0.343. The van der Waals surface area contributed by atoms with Gasteiger partial charge in [0.1, 0.15) is 0 Å². The molecule has 0 aromatic carbocycles. The fraction of sp³-hybridized carbons (Fsp3) is 0.933. The van der Waals surface area contributed by atoms with Crippen molar-refractivity contribution in [2.24, 2.45) is 5.41 Å². The molecule has 18 heavy (non-hydrogen) atoms. The van der Waals surface area contributed by atoms with E-state index in [1.54, 1.807) is 0 Å². The second-order valence-electron chi connectivity index (χ2n) is 6.68. The van der Waals surface area contributed by atoms with Gasteiger partial charge < -0.3 is 4.90 Å². The number of amides is 1. The topological polar surface area (TPSA) is 32.3 Å². The van der Waals surface area contributed by atoms with E-state index >= 15 is 0 Å². The van der Waals surface area contributed by atoms with Crippen molar-refractivity contribution in [3.8, 4) is 0 Å². The SMILES string of the molecule is CCCCC1NC(C)N(C2CCCC2(C)C)C1=O. The molecule has 3 unspecified atom stereocenters. The minimum absolute atomic E-state index is 0.0661. The third kappa shape index (κ3) is 2.42. The van der Waals surface area contributed by atoms with E-state index in [0.717, 1.165) is 19.3 Å². The maximum Gasteiger partial charge on any atom is 0.241 e. The van der Waals surface area contributed by atoms with E-state index in [2.05, 4.69) is 37.9 Å². The highest BCUT2D eigenvalue weighted by Gasteiger charge is 2.47. The average molecular weight is 252 g/mol. The minimum atomic E-state index is 0.0661. The molecular formula is C15H28N2O. The van der Waals surface area contributed by atoms with Gasteiger partial charge in [0.15, 0.2) is 0 Å². The molecule has 104 valence electrons. The van der Waals surface area contributed by atoms with Crippen LogP contribution in [0.1, 0.15) is 66.2 Å². The Morgan fingerprint density at radius 2 is 2.17 bits per heavy atom. The lowest BCUT2D eigenvalue weighted by atomic mass is 9.86. The maximum absolute atomic E-state index is 12.6. The number of carbonyl (C=O) groups is 1. The van der Waals surface area contributed by atoms with Crippen molar-refractivity contribution in [2.75, 3.05) is 0 Å². The number of unbranched alkanes of at least 4 members (excludes halogenated alkanes) is 1. The number of hydrogen-bond donors (Lipinski definition) is 1. The molecule has 0 radical (unpaired) electrons. The molecular weight excluding hydrogens is 224 g/mol. The molecule has 0 aromatic heterocycles. The fourth-order valence-corrected chi connectivity index (χ4v) is 3.68. The van der Waals surface area contributed by atoms with E-state index in [9.17, 15) is 4.79 Å². The van der Waals surface area contributed by atoms with Gasteiger partial charge in [0, 0.05) is 6.04 Å². The highest BCUT2D eigenvalue weighted by molar-refractivity contribution is 5.84. The first-order chi connectivity index (χ1) is 8.47. The molecule has 1 saturated heterocycles. The smallest absolute Gasteiger partial charge is 0.241 e. The standard InChI is InChI=1S/C15H28N2O/c1-5-6-8-12-14(18)17(11(2)16-12)13-9-7-10-15(13,3)4/h11-13,16H,5-10H2,1-4H3. The van der Waals surface area contributed by atoms with Crippen molar-refractivity contribution in [3.05, 3.63) is 0 Å².